The van der Waals surface area contributed by atoms with E-state index in [0.717, 1.165) is 22.6 Å². The highest BCUT2D eigenvalue weighted by Gasteiger charge is 2.05. The van der Waals surface area contributed by atoms with Crippen LogP contribution in [0.15, 0.2) is 24.3 Å². The van der Waals surface area contributed by atoms with Crippen LogP contribution in [0.2, 0.25) is 0 Å². The standard InChI is InChI=1S/C12H17NO2/c1-9(6-7-13)11-8-10(14-2)4-5-12(11)15-3/h4-6,8H,7,13H2,1-3H3. The summed E-state index contributed by atoms with van der Waals surface area (Å²) in [7, 11) is 3.30. The van der Waals surface area contributed by atoms with Gasteiger partial charge >= 0.3 is 0 Å². The predicted molar refractivity (Wildman–Crippen MR) is 62.3 cm³/mol. The van der Waals surface area contributed by atoms with E-state index >= 15 is 0 Å². The molecule has 82 valence electrons. The molecule has 0 aliphatic heterocycles. The maximum atomic E-state index is 5.48. The van der Waals surface area contributed by atoms with E-state index in [1.54, 1.807) is 14.2 Å². The van der Waals surface area contributed by atoms with Crippen molar-refractivity contribution >= 4 is 5.57 Å². The summed E-state index contributed by atoms with van der Waals surface area (Å²) in [6.07, 6.45) is 1.96. The van der Waals surface area contributed by atoms with Crippen LogP contribution in [0.25, 0.3) is 5.57 Å². The smallest absolute Gasteiger partial charge is 0.126 e. The molecule has 0 spiro atoms. The van der Waals surface area contributed by atoms with Crippen molar-refractivity contribution in [2.45, 2.75) is 6.92 Å². The van der Waals surface area contributed by atoms with Gasteiger partial charge in [-0.05, 0) is 30.7 Å². The van der Waals surface area contributed by atoms with E-state index in [-0.39, 0.29) is 0 Å². The quantitative estimate of drug-likeness (QED) is 0.822. The van der Waals surface area contributed by atoms with Gasteiger partial charge in [-0.25, -0.2) is 0 Å². The maximum Gasteiger partial charge on any atom is 0.126 e. The highest BCUT2D eigenvalue weighted by atomic mass is 16.5. The summed E-state index contributed by atoms with van der Waals surface area (Å²) in [5.74, 6) is 1.65. The van der Waals surface area contributed by atoms with Gasteiger partial charge in [0.05, 0.1) is 14.2 Å². The normalized spacial score (nSPS) is 11.3. The fourth-order valence-electron chi connectivity index (χ4n) is 1.41. The third-order valence-corrected chi connectivity index (χ3v) is 2.26. The molecule has 0 radical (unpaired) electrons. The minimum Gasteiger partial charge on any atom is -0.497 e. The van der Waals surface area contributed by atoms with E-state index in [4.69, 9.17) is 15.2 Å². The Morgan fingerprint density at radius 1 is 1.33 bits per heavy atom. The van der Waals surface area contributed by atoms with Crippen LogP contribution >= 0.6 is 0 Å². The third kappa shape index (κ3) is 2.73. The summed E-state index contributed by atoms with van der Waals surface area (Å²) >= 11 is 0. The topological polar surface area (TPSA) is 44.5 Å². The summed E-state index contributed by atoms with van der Waals surface area (Å²) < 4.78 is 10.4. The van der Waals surface area contributed by atoms with E-state index in [1.165, 1.54) is 0 Å². The van der Waals surface area contributed by atoms with Crippen LogP contribution in [0.1, 0.15) is 12.5 Å². The number of hydrogen-bond donors (Lipinski definition) is 1. The van der Waals surface area contributed by atoms with Crippen LogP contribution in [0.4, 0.5) is 0 Å². The molecular formula is C12H17NO2. The second-order valence-corrected chi connectivity index (χ2v) is 3.19. The van der Waals surface area contributed by atoms with Gasteiger partial charge in [-0.2, -0.15) is 0 Å². The number of benzene rings is 1. The monoisotopic (exact) mass is 207 g/mol. The molecule has 1 aromatic rings. The molecule has 0 aliphatic carbocycles. The Balaban J connectivity index is 3.17. The van der Waals surface area contributed by atoms with Crippen LogP contribution in [-0.2, 0) is 0 Å². The third-order valence-electron chi connectivity index (χ3n) is 2.26. The molecular weight excluding hydrogens is 190 g/mol. The molecule has 2 N–H and O–H groups in total. The molecule has 0 amide bonds. The Hall–Kier alpha value is -1.48. The fourth-order valence-corrected chi connectivity index (χ4v) is 1.41. The highest BCUT2D eigenvalue weighted by Crippen LogP contribution is 2.29. The summed E-state index contributed by atoms with van der Waals surface area (Å²) in [6, 6.07) is 5.71. The van der Waals surface area contributed by atoms with E-state index in [2.05, 4.69) is 0 Å². The first kappa shape index (κ1) is 11.6. The van der Waals surface area contributed by atoms with Crippen molar-refractivity contribution in [1.82, 2.24) is 0 Å². The van der Waals surface area contributed by atoms with Crippen LogP contribution < -0.4 is 15.2 Å². The second kappa shape index (κ2) is 5.41. The lowest BCUT2D eigenvalue weighted by atomic mass is 10.1. The molecule has 0 aliphatic rings. The lowest BCUT2D eigenvalue weighted by molar-refractivity contribution is 0.402. The zero-order chi connectivity index (χ0) is 11.3. The number of rotatable bonds is 4. The van der Waals surface area contributed by atoms with E-state index < -0.39 is 0 Å². The average molecular weight is 207 g/mol. The van der Waals surface area contributed by atoms with E-state index in [0.29, 0.717) is 6.54 Å². The van der Waals surface area contributed by atoms with Gasteiger partial charge in [0.1, 0.15) is 11.5 Å². The molecule has 0 heterocycles. The molecule has 0 fully saturated rings. The first-order chi connectivity index (χ1) is 7.22. The minimum atomic E-state index is 0.520. The van der Waals surface area contributed by atoms with Crippen molar-refractivity contribution in [3.63, 3.8) is 0 Å². The number of allylic oxidation sites excluding steroid dienone is 1. The van der Waals surface area contributed by atoms with Gasteiger partial charge in [-0.3, -0.25) is 0 Å². The Bertz CT molecular complexity index is 359. The first-order valence-electron chi connectivity index (χ1n) is 4.82. The van der Waals surface area contributed by atoms with E-state index in [9.17, 15) is 0 Å². The zero-order valence-electron chi connectivity index (χ0n) is 9.41. The van der Waals surface area contributed by atoms with Crippen molar-refractivity contribution in [2.24, 2.45) is 5.73 Å². The first-order valence-corrected chi connectivity index (χ1v) is 4.82. The second-order valence-electron chi connectivity index (χ2n) is 3.19. The van der Waals surface area contributed by atoms with Gasteiger partial charge in [-0.1, -0.05) is 6.08 Å². The van der Waals surface area contributed by atoms with Crippen LogP contribution in [0.3, 0.4) is 0 Å². The summed E-state index contributed by atoms with van der Waals surface area (Å²) in [4.78, 5) is 0. The molecule has 3 nitrogen and oxygen atoms in total. The van der Waals surface area contributed by atoms with Gasteiger partial charge in [0, 0.05) is 12.1 Å². The molecule has 0 saturated carbocycles. The fraction of sp³-hybridized carbons (Fsp3) is 0.333. The minimum absolute atomic E-state index is 0.520. The van der Waals surface area contributed by atoms with Crippen molar-refractivity contribution in [3.8, 4) is 11.5 Å². The molecule has 0 saturated heterocycles. The number of nitrogens with two attached hydrogens (primary N) is 1. The molecule has 1 rings (SSSR count). The zero-order valence-corrected chi connectivity index (χ0v) is 9.41. The van der Waals surface area contributed by atoms with Gasteiger partial charge in [-0.15, -0.1) is 0 Å². The molecule has 0 unspecified atom stereocenters. The number of hydrogen-bond acceptors (Lipinski definition) is 3. The molecule has 0 aromatic heterocycles. The lowest BCUT2D eigenvalue weighted by Gasteiger charge is -2.10. The summed E-state index contributed by atoms with van der Waals surface area (Å²) in [5.41, 5.74) is 7.59. The Morgan fingerprint density at radius 2 is 2.07 bits per heavy atom. The molecule has 1 aromatic carbocycles. The van der Waals surface area contributed by atoms with E-state index in [1.807, 2.05) is 31.2 Å². The Labute approximate surface area is 90.5 Å². The summed E-state index contributed by atoms with van der Waals surface area (Å²) in [6.45, 7) is 2.52. The van der Waals surface area contributed by atoms with Gasteiger partial charge in [0.2, 0.25) is 0 Å². The van der Waals surface area contributed by atoms with Gasteiger partial charge < -0.3 is 15.2 Å². The molecule has 3 heteroatoms. The number of ether oxygens (including phenoxy) is 2. The molecule has 0 atom stereocenters. The van der Waals surface area contributed by atoms with Gasteiger partial charge in [0.25, 0.3) is 0 Å². The van der Waals surface area contributed by atoms with Crippen molar-refractivity contribution in [2.75, 3.05) is 20.8 Å². The highest BCUT2D eigenvalue weighted by molar-refractivity contribution is 5.70. The number of methoxy groups -OCH3 is 2. The largest absolute Gasteiger partial charge is 0.497 e. The van der Waals surface area contributed by atoms with Crippen molar-refractivity contribution < 1.29 is 9.47 Å². The SMILES string of the molecule is COc1ccc(OC)c(C(C)=CCN)c1. The Kier molecular flexibility index (Phi) is 4.18. The van der Waals surface area contributed by atoms with Crippen LogP contribution in [-0.4, -0.2) is 20.8 Å². The lowest BCUT2D eigenvalue weighted by Crippen LogP contribution is -1.96. The van der Waals surface area contributed by atoms with Crippen LogP contribution in [0.5, 0.6) is 11.5 Å². The Morgan fingerprint density at radius 3 is 2.60 bits per heavy atom. The molecule has 0 bridgehead atoms. The van der Waals surface area contributed by atoms with Gasteiger partial charge in [0.15, 0.2) is 0 Å². The average Bonchev–Trinajstić information content (AvgIpc) is 2.28. The van der Waals surface area contributed by atoms with Crippen molar-refractivity contribution in [1.29, 1.82) is 0 Å². The molecule has 15 heavy (non-hydrogen) atoms. The maximum absolute atomic E-state index is 5.48. The predicted octanol–water partition coefficient (Wildman–Crippen LogP) is 2.07. The summed E-state index contributed by atoms with van der Waals surface area (Å²) in [5, 5.41) is 0. The van der Waals surface area contributed by atoms with Crippen LogP contribution in [0, 0.1) is 0 Å². The van der Waals surface area contributed by atoms with Crippen molar-refractivity contribution in [3.05, 3.63) is 29.8 Å².